The molecule has 0 spiro atoms. The van der Waals surface area contributed by atoms with Crippen LogP contribution in [-0.4, -0.2) is 36.1 Å². The van der Waals surface area contributed by atoms with Crippen LogP contribution in [0.5, 0.6) is 0 Å². The van der Waals surface area contributed by atoms with Crippen LogP contribution in [0.4, 0.5) is 0 Å². The van der Waals surface area contributed by atoms with Crippen molar-refractivity contribution in [2.45, 2.75) is 102 Å². The summed E-state index contributed by atoms with van der Waals surface area (Å²) in [7, 11) is 0. The van der Waals surface area contributed by atoms with Crippen LogP contribution in [0, 0.1) is 0 Å². The summed E-state index contributed by atoms with van der Waals surface area (Å²) in [6.45, 7) is 0.863. The fourth-order valence-electron chi connectivity index (χ4n) is 4.37. The summed E-state index contributed by atoms with van der Waals surface area (Å²) in [6.07, 6.45) is 17.6. The van der Waals surface area contributed by atoms with Gasteiger partial charge in [-0.25, -0.2) is 0 Å². The van der Waals surface area contributed by atoms with Crippen molar-refractivity contribution in [2.75, 3.05) is 13.2 Å². The molecule has 0 aliphatic heterocycles. The quantitative estimate of drug-likeness (QED) is 0.620. The third-order valence-electron chi connectivity index (χ3n) is 6.06. The van der Waals surface area contributed by atoms with E-state index in [0.29, 0.717) is 12.6 Å². The van der Waals surface area contributed by atoms with Crippen molar-refractivity contribution < 1.29 is 9.94 Å². The van der Waals surface area contributed by atoms with Gasteiger partial charge in [0.1, 0.15) is 12.7 Å². The zero-order chi connectivity index (χ0) is 19.4. The number of hydrogen-bond donors (Lipinski definition) is 2. The van der Waals surface area contributed by atoms with Gasteiger partial charge in [0.05, 0.1) is 5.71 Å². The molecular formula is C23H38N2O2S. The number of aliphatic hydroxyl groups excluding tert-OH is 1. The second kappa shape index (κ2) is 12.6. The van der Waals surface area contributed by atoms with E-state index in [-0.39, 0.29) is 6.61 Å². The van der Waals surface area contributed by atoms with E-state index in [4.69, 9.17) is 4.84 Å². The van der Waals surface area contributed by atoms with Crippen LogP contribution in [0.1, 0.15) is 93.9 Å². The van der Waals surface area contributed by atoms with Crippen LogP contribution in [-0.2, 0) is 11.3 Å². The van der Waals surface area contributed by atoms with Crippen molar-refractivity contribution in [2.24, 2.45) is 5.16 Å². The average molecular weight is 407 g/mol. The van der Waals surface area contributed by atoms with Gasteiger partial charge in [0.2, 0.25) is 0 Å². The second-order valence-electron chi connectivity index (χ2n) is 8.46. The summed E-state index contributed by atoms with van der Waals surface area (Å²) >= 11 is 1.81. The molecule has 5 heteroatoms. The summed E-state index contributed by atoms with van der Waals surface area (Å²) in [4.78, 5) is 6.93. The Morgan fingerprint density at radius 3 is 2.39 bits per heavy atom. The Morgan fingerprint density at radius 1 is 1.00 bits per heavy atom. The maximum atomic E-state index is 10.3. The van der Waals surface area contributed by atoms with Crippen LogP contribution in [0.25, 0.3) is 0 Å². The standard InChI is InChI=1S/C23H38N2O2S/c26-20(18-27-25-22-13-10-14-23-21(22)15-16-28-23)17-24-19-11-8-6-4-2-1-3-5-7-9-12-19/h15-16,19-20,24,26H,1-14,17-18H2. The Morgan fingerprint density at radius 2 is 1.68 bits per heavy atom. The molecule has 2 aliphatic rings. The lowest BCUT2D eigenvalue weighted by molar-refractivity contribution is 0.0383. The Bertz CT molecular complexity index is 575. The van der Waals surface area contributed by atoms with Gasteiger partial charge < -0.3 is 15.3 Å². The zero-order valence-corrected chi connectivity index (χ0v) is 18.2. The first-order valence-corrected chi connectivity index (χ1v) is 12.4. The Hall–Kier alpha value is -0.910. The highest BCUT2D eigenvalue weighted by molar-refractivity contribution is 7.10. The van der Waals surface area contributed by atoms with E-state index in [1.807, 2.05) is 0 Å². The molecule has 1 aromatic heterocycles. The van der Waals surface area contributed by atoms with Crippen LogP contribution >= 0.6 is 11.3 Å². The summed E-state index contributed by atoms with van der Waals surface area (Å²) in [5.74, 6) is 0. The molecular weight excluding hydrogens is 368 g/mol. The molecule has 1 aromatic rings. The number of rotatable bonds is 6. The number of thiophene rings is 1. The van der Waals surface area contributed by atoms with Crippen molar-refractivity contribution in [1.82, 2.24) is 5.32 Å². The first-order chi connectivity index (χ1) is 13.8. The van der Waals surface area contributed by atoms with E-state index in [1.165, 1.54) is 81.1 Å². The molecule has 1 atom stereocenters. The predicted molar refractivity (Wildman–Crippen MR) is 118 cm³/mol. The summed E-state index contributed by atoms with van der Waals surface area (Å²) in [5, 5.41) is 20.4. The average Bonchev–Trinajstić information content (AvgIpc) is 3.17. The van der Waals surface area contributed by atoms with Crippen LogP contribution < -0.4 is 5.32 Å². The number of aliphatic hydroxyl groups is 1. The minimum atomic E-state index is -0.503. The SMILES string of the molecule is OC(CNC1CCCCCCCCCCC1)CON=C1CCCc2sccc21. The number of oxime groups is 1. The molecule has 3 rings (SSSR count). The van der Waals surface area contributed by atoms with E-state index >= 15 is 0 Å². The zero-order valence-electron chi connectivity index (χ0n) is 17.3. The fourth-order valence-corrected chi connectivity index (χ4v) is 5.31. The molecule has 2 N–H and O–H groups in total. The predicted octanol–water partition coefficient (Wildman–Crippen LogP) is 5.43. The summed E-state index contributed by atoms with van der Waals surface area (Å²) < 4.78 is 0. The number of fused-ring (bicyclic) bond motifs is 1. The first kappa shape index (κ1) is 21.8. The number of nitrogens with zero attached hydrogens (tertiary/aromatic N) is 1. The number of nitrogens with one attached hydrogen (secondary N) is 1. The van der Waals surface area contributed by atoms with E-state index in [9.17, 15) is 5.11 Å². The van der Waals surface area contributed by atoms with Gasteiger partial charge >= 0.3 is 0 Å². The normalized spacial score (nSPS) is 22.8. The molecule has 4 nitrogen and oxygen atoms in total. The minimum Gasteiger partial charge on any atom is -0.393 e. The summed E-state index contributed by atoms with van der Waals surface area (Å²) in [6, 6.07) is 2.68. The molecule has 158 valence electrons. The van der Waals surface area contributed by atoms with Crippen molar-refractivity contribution in [3.8, 4) is 0 Å². The molecule has 0 bridgehead atoms. The van der Waals surface area contributed by atoms with Gasteiger partial charge in [-0.05, 0) is 43.6 Å². The van der Waals surface area contributed by atoms with Gasteiger partial charge in [0, 0.05) is 23.0 Å². The van der Waals surface area contributed by atoms with E-state index in [2.05, 4.69) is 21.9 Å². The van der Waals surface area contributed by atoms with Gasteiger partial charge in [-0.2, -0.15) is 0 Å². The summed E-state index contributed by atoms with van der Waals surface area (Å²) in [5.41, 5.74) is 2.29. The van der Waals surface area contributed by atoms with Gasteiger partial charge in [-0.15, -0.1) is 11.3 Å². The molecule has 1 heterocycles. The Balaban J connectivity index is 1.37. The maximum Gasteiger partial charge on any atom is 0.144 e. The van der Waals surface area contributed by atoms with Crippen LogP contribution in [0.3, 0.4) is 0 Å². The molecule has 0 aromatic carbocycles. The lowest BCUT2D eigenvalue weighted by Gasteiger charge is -2.21. The van der Waals surface area contributed by atoms with Gasteiger partial charge in [0.15, 0.2) is 0 Å². The largest absolute Gasteiger partial charge is 0.393 e. The molecule has 0 radical (unpaired) electrons. The van der Waals surface area contributed by atoms with Crippen molar-refractivity contribution >= 4 is 17.0 Å². The lowest BCUT2D eigenvalue weighted by Crippen LogP contribution is -2.37. The van der Waals surface area contributed by atoms with Crippen molar-refractivity contribution in [3.05, 3.63) is 21.9 Å². The fraction of sp³-hybridized carbons (Fsp3) is 0.783. The topological polar surface area (TPSA) is 53.8 Å². The van der Waals surface area contributed by atoms with Gasteiger partial charge in [0.25, 0.3) is 0 Å². The first-order valence-electron chi connectivity index (χ1n) is 11.5. The van der Waals surface area contributed by atoms with E-state index in [1.54, 1.807) is 11.3 Å². The van der Waals surface area contributed by atoms with E-state index < -0.39 is 6.10 Å². The molecule has 1 saturated carbocycles. The van der Waals surface area contributed by atoms with Crippen LogP contribution in [0.2, 0.25) is 0 Å². The number of hydrogen-bond acceptors (Lipinski definition) is 5. The molecule has 0 amide bonds. The van der Waals surface area contributed by atoms with Crippen LogP contribution in [0.15, 0.2) is 16.6 Å². The highest BCUT2D eigenvalue weighted by Crippen LogP contribution is 2.26. The molecule has 1 fully saturated rings. The maximum absolute atomic E-state index is 10.3. The third-order valence-corrected chi connectivity index (χ3v) is 7.04. The second-order valence-corrected chi connectivity index (χ2v) is 9.46. The molecule has 2 aliphatic carbocycles. The molecule has 28 heavy (non-hydrogen) atoms. The van der Waals surface area contributed by atoms with E-state index in [0.717, 1.165) is 25.0 Å². The lowest BCUT2D eigenvalue weighted by atomic mass is 9.97. The van der Waals surface area contributed by atoms with Crippen molar-refractivity contribution in [3.63, 3.8) is 0 Å². The van der Waals surface area contributed by atoms with Crippen molar-refractivity contribution in [1.29, 1.82) is 0 Å². The third kappa shape index (κ3) is 7.49. The monoisotopic (exact) mass is 406 g/mol. The molecule has 1 unspecified atom stereocenters. The minimum absolute atomic E-state index is 0.267. The molecule has 0 saturated heterocycles. The smallest absolute Gasteiger partial charge is 0.144 e. The van der Waals surface area contributed by atoms with Gasteiger partial charge in [-0.3, -0.25) is 0 Å². The highest BCUT2D eigenvalue weighted by Gasteiger charge is 2.17. The number of aryl methyl sites for hydroxylation is 1. The highest BCUT2D eigenvalue weighted by atomic mass is 32.1. The Labute approximate surface area is 174 Å². The Kier molecular flexibility index (Phi) is 9.81. The van der Waals surface area contributed by atoms with Gasteiger partial charge in [-0.1, -0.05) is 62.9 Å².